The topological polar surface area (TPSA) is 44.8 Å². The summed E-state index contributed by atoms with van der Waals surface area (Å²) >= 11 is 3.49. The van der Waals surface area contributed by atoms with Crippen molar-refractivity contribution in [2.45, 2.75) is 18.6 Å². The van der Waals surface area contributed by atoms with E-state index in [1.54, 1.807) is 19.2 Å². The Balaban J connectivity index is 2.33. The number of rotatable bonds is 7. The van der Waals surface area contributed by atoms with Gasteiger partial charge in [-0.05, 0) is 23.8 Å². The predicted molar refractivity (Wildman–Crippen MR) is 99.1 cm³/mol. The maximum atomic E-state index is 11.5. The second-order valence-corrected chi connectivity index (χ2v) is 5.69. The summed E-state index contributed by atoms with van der Waals surface area (Å²) in [6.07, 6.45) is 0.186. The van der Waals surface area contributed by atoms with Crippen molar-refractivity contribution >= 4 is 34.6 Å². The SMILES string of the molecule is C[B]c1ccc(Oc2cc(CC(=O)OC)ccc2OC)c(CBr)c1. The lowest BCUT2D eigenvalue weighted by Gasteiger charge is -2.15. The summed E-state index contributed by atoms with van der Waals surface area (Å²) < 4.78 is 16.1. The number of hydrogen-bond acceptors (Lipinski definition) is 4. The lowest BCUT2D eigenvalue weighted by atomic mass is 9.73. The van der Waals surface area contributed by atoms with E-state index < -0.39 is 0 Å². The fourth-order valence-corrected chi connectivity index (χ4v) is 2.69. The minimum atomic E-state index is -0.296. The van der Waals surface area contributed by atoms with Crippen LogP contribution in [0, 0.1) is 0 Å². The van der Waals surface area contributed by atoms with Crippen LogP contribution in [-0.4, -0.2) is 27.5 Å². The zero-order valence-electron chi connectivity index (χ0n) is 14.0. The number of carbonyl (C=O) groups is 1. The van der Waals surface area contributed by atoms with Gasteiger partial charge in [-0.1, -0.05) is 46.4 Å². The van der Waals surface area contributed by atoms with Crippen LogP contribution in [0.5, 0.6) is 17.2 Å². The number of methoxy groups -OCH3 is 2. The van der Waals surface area contributed by atoms with Gasteiger partial charge in [0.1, 0.15) is 13.0 Å². The molecule has 0 saturated carbocycles. The molecule has 0 bridgehead atoms. The highest BCUT2D eigenvalue weighted by Crippen LogP contribution is 2.34. The largest absolute Gasteiger partial charge is 0.493 e. The van der Waals surface area contributed by atoms with Crippen LogP contribution in [0.3, 0.4) is 0 Å². The first-order valence-corrected chi connectivity index (χ1v) is 8.63. The number of hydrogen-bond donors (Lipinski definition) is 0. The third kappa shape index (κ3) is 4.54. The molecule has 0 aliphatic heterocycles. The minimum Gasteiger partial charge on any atom is -0.493 e. The Hall–Kier alpha value is -1.95. The molecular formula is C18H19BBrO4. The summed E-state index contributed by atoms with van der Waals surface area (Å²) in [5.41, 5.74) is 2.96. The number of alkyl halides is 1. The molecule has 2 aromatic carbocycles. The van der Waals surface area contributed by atoms with Crippen molar-refractivity contribution in [3.63, 3.8) is 0 Å². The molecule has 0 unspecified atom stereocenters. The molecule has 0 fully saturated rings. The Labute approximate surface area is 151 Å². The second kappa shape index (κ2) is 8.78. The minimum absolute atomic E-state index is 0.186. The third-order valence-corrected chi connectivity index (χ3v) is 4.19. The van der Waals surface area contributed by atoms with Gasteiger partial charge in [-0.2, -0.15) is 0 Å². The zero-order chi connectivity index (χ0) is 17.5. The summed E-state index contributed by atoms with van der Waals surface area (Å²) in [6.45, 7) is 1.99. The van der Waals surface area contributed by atoms with Gasteiger partial charge in [0.2, 0.25) is 0 Å². The van der Waals surface area contributed by atoms with E-state index in [-0.39, 0.29) is 12.4 Å². The lowest BCUT2D eigenvalue weighted by Crippen LogP contribution is -2.11. The van der Waals surface area contributed by atoms with E-state index in [1.165, 1.54) is 7.11 Å². The lowest BCUT2D eigenvalue weighted by molar-refractivity contribution is -0.139. The molecule has 1 radical (unpaired) electrons. The molecule has 0 heterocycles. The molecule has 0 aliphatic rings. The molecule has 4 nitrogen and oxygen atoms in total. The van der Waals surface area contributed by atoms with E-state index in [1.807, 2.05) is 32.3 Å². The van der Waals surface area contributed by atoms with Gasteiger partial charge in [-0.15, -0.1) is 0 Å². The van der Waals surface area contributed by atoms with Crippen LogP contribution in [0.2, 0.25) is 6.82 Å². The average Bonchev–Trinajstić information content (AvgIpc) is 2.62. The predicted octanol–water partition coefficient (Wildman–Crippen LogP) is 3.48. The Morgan fingerprint density at radius 1 is 1.08 bits per heavy atom. The highest BCUT2D eigenvalue weighted by molar-refractivity contribution is 9.08. The first-order valence-electron chi connectivity index (χ1n) is 7.51. The summed E-state index contributed by atoms with van der Waals surface area (Å²) in [5.74, 6) is 1.62. The molecule has 2 aromatic rings. The quantitative estimate of drug-likeness (QED) is 0.413. The molecule has 125 valence electrons. The van der Waals surface area contributed by atoms with E-state index in [9.17, 15) is 4.79 Å². The Kier molecular flexibility index (Phi) is 6.73. The fraction of sp³-hybridized carbons (Fsp3) is 0.278. The summed E-state index contributed by atoms with van der Waals surface area (Å²) in [7, 11) is 4.99. The van der Waals surface area contributed by atoms with E-state index >= 15 is 0 Å². The van der Waals surface area contributed by atoms with Gasteiger partial charge in [-0.25, -0.2) is 0 Å². The van der Waals surface area contributed by atoms with Gasteiger partial charge in [0.25, 0.3) is 0 Å². The average molecular weight is 390 g/mol. The van der Waals surface area contributed by atoms with E-state index in [4.69, 9.17) is 14.2 Å². The third-order valence-electron chi connectivity index (χ3n) is 3.59. The van der Waals surface area contributed by atoms with Gasteiger partial charge < -0.3 is 14.2 Å². The molecule has 0 atom stereocenters. The number of carbonyl (C=O) groups excluding carboxylic acids is 1. The van der Waals surface area contributed by atoms with E-state index in [0.717, 1.165) is 22.3 Å². The number of ether oxygens (including phenoxy) is 3. The first-order chi connectivity index (χ1) is 11.6. The molecule has 0 saturated heterocycles. The maximum absolute atomic E-state index is 11.5. The van der Waals surface area contributed by atoms with E-state index in [2.05, 4.69) is 22.0 Å². The van der Waals surface area contributed by atoms with Crippen LogP contribution in [0.4, 0.5) is 0 Å². The van der Waals surface area contributed by atoms with Crippen LogP contribution in [-0.2, 0) is 21.3 Å². The number of halogens is 1. The van der Waals surface area contributed by atoms with Gasteiger partial charge in [0.05, 0.1) is 20.6 Å². The molecule has 0 aliphatic carbocycles. The van der Waals surface area contributed by atoms with Gasteiger partial charge in [0.15, 0.2) is 11.5 Å². The Morgan fingerprint density at radius 3 is 2.46 bits per heavy atom. The van der Waals surface area contributed by atoms with Gasteiger partial charge in [-0.3, -0.25) is 4.79 Å². The number of benzene rings is 2. The maximum Gasteiger partial charge on any atom is 0.309 e. The van der Waals surface area contributed by atoms with Gasteiger partial charge in [0, 0.05) is 10.9 Å². The van der Waals surface area contributed by atoms with Crippen molar-refractivity contribution in [3.8, 4) is 17.2 Å². The summed E-state index contributed by atoms with van der Waals surface area (Å²) in [5, 5.41) is 0.675. The van der Waals surface area contributed by atoms with Crippen LogP contribution in [0.25, 0.3) is 0 Å². The van der Waals surface area contributed by atoms with Crippen molar-refractivity contribution in [3.05, 3.63) is 47.5 Å². The first kappa shape index (κ1) is 18.4. The van der Waals surface area contributed by atoms with Gasteiger partial charge >= 0.3 is 5.97 Å². The molecular weight excluding hydrogens is 371 g/mol. The van der Waals surface area contributed by atoms with Crippen molar-refractivity contribution in [2.24, 2.45) is 0 Å². The van der Waals surface area contributed by atoms with Crippen LogP contribution in [0.1, 0.15) is 11.1 Å². The van der Waals surface area contributed by atoms with Crippen molar-refractivity contribution < 1.29 is 19.0 Å². The second-order valence-electron chi connectivity index (χ2n) is 5.13. The monoisotopic (exact) mass is 389 g/mol. The van der Waals surface area contributed by atoms with Crippen molar-refractivity contribution in [1.82, 2.24) is 0 Å². The molecule has 24 heavy (non-hydrogen) atoms. The molecule has 0 N–H and O–H groups in total. The van der Waals surface area contributed by atoms with Crippen LogP contribution in [0.15, 0.2) is 36.4 Å². The standard InChI is InChI=1S/C18H19BBrO4/c1-19-14-5-7-15(13(10-14)11-20)24-17-8-12(9-18(21)23-3)4-6-16(17)22-2/h4-8,10H,9,11H2,1-3H3. The number of esters is 1. The summed E-state index contributed by atoms with van der Waals surface area (Å²) in [4.78, 5) is 11.5. The molecule has 2 rings (SSSR count). The highest BCUT2D eigenvalue weighted by Gasteiger charge is 2.12. The zero-order valence-corrected chi connectivity index (χ0v) is 15.6. The fourth-order valence-electron chi connectivity index (χ4n) is 2.25. The van der Waals surface area contributed by atoms with E-state index in [0.29, 0.717) is 16.8 Å². The van der Waals surface area contributed by atoms with Crippen molar-refractivity contribution in [1.29, 1.82) is 0 Å². The Bertz CT molecular complexity index is 718. The highest BCUT2D eigenvalue weighted by atomic mass is 79.9. The van der Waals surface area contributed by atoms with Crippen LogP contribution < -0.4 is 14.9 Å². The summed E-state index contributed by atoms with van der Waals surface area (Å²) in [6, 6.07) is 11.4. The van der Waals surface area contributed by atoms with Crippen molar-refractivity contribution in [2.75, 3.05) is 14.2 Å². The Morgan fingerprint density at radius 2 is 1.83 bits per heavy atom. The van der Waals surface area contributed by atoms with Crippen LogP contribution >= 0.6 is 15.9 Å². The molecule has 0 spiro atoms. The molecule has 6 heteroatoms. The molecule has 0 amide bonds. The normalized spacial score (nSPS) is 10.2. The smallest absolute Gasteiger partial charge is 0.309 e. The molecule has 0 aromatic heterocycles.